The van der Waals surface area contributed by atoms with Crippen LogP contribution in [0.4, 0.5) is 0 Å². The van der Waals surface area contributed by atoms with Crippen molar-refractivity contribution in [3.05, 3.63) is 12.2 Å². The Labute approximate surface area is 105 Å². The van der Waals surface area contributed by atoms with E-state index in [0.29, 0.717) is 5.82 Å². The lowest BCUT2D eigenvalue weighted by Crippen LogP contribution is -2.29. The minimum absolute atomic E-state index is 0.0323. The van der Waals surface area contributed by atoms with Gasteiger partial charge in [0.2, 0.25) is 5.91 Å². The third-order valence-electron chi connectivity index (χ3n) is 2.49. The molecule has 0 saturated carbocycles. The van der Waals surface area contributed by atoms with Crippen molar-refractivity contribution in [3.63, 3.8) is 0 Å². The molecule has 7 heteroatoms. The number of aliphatic carboxylic acids is 1. The molecule has 18 heavy (non-hydrogen) atoms. The summed E-state index contributed by atoms with van der Waals surface area (Å²) in [4.78, 5) is 21.9. The normalized spacial score (nSPS) is 12.4. The third kappa shape index (κ3) is 3.83. The van der Waals surface area contributed by atoms with Gasteiger partial charge in [0.25, 0.3) is 0 Å². The zero-order valence-corrected chi connectivity index (χ0v) is 10.8. The number of nitrogens with one attached hydrogen (secondary N) is 1. The van der Waals surface area contributed by atoms with Crippen LogP contribution in [0.2, 0.25) is 0 Å². The summed E-state index contributed by atoms with van der Waals surface area (Å²) >= 11 is 0. The van der Waals surface area contributed by atoms with Crippen molar-refractivity contribution < 1.29 is 14.7 Å². The SMILES string of the molecule is CC(C)n1cnnc1[C@H](C)NC(=O)CCC(=O)O. The highest BCUT2D eigenvalue weighted by atomic mass is 16.4. The molecule has 0 aliphatic rings. The van der Waals surface area contributed by atoms with Gasteiger partial charge in [-0.3, -0.25) is 9.59 Å². The van der Waals surface area contributed by atoms with E-state index in [1.807, 2.05) is 18.4 Å². The first-order valence-corrected chi connectivity index (χ1v) is 5.82. The van der Waals surface area contributed by atoms with Crippen molar-refractivity contribution in [2.24, 2.45) is 0 Å². The number of rotatable bonds is 6. The van der Waals surface area contributed by atoms with Crippen LogP contribution >= 0.6 is 0 Å². The lowest BCUT2D eigenvalue weighted by molar-refractivity contribution is -0.138. The van der Waals surface area contributed by atoms with E-state index in [-0.39, 0.29) is 30.8 Å². The fourth-order valence-electron chi connectivity index (χ4n) is 1.56. The molecule has 0 unspecified atom stereocenters. The predicted molar refractivity (Wildman–Crippen MR) is 63.8 cm³/mol. The quantitative estimate of drug-likeness (QED) is 0.786. The highest BCUT2D eigenvalue weighted by molar-refractivity contribution is 5.80. The summed E-state index contributed by atoms with van der Waals surface area (Å²) in [6.07, 6.45) is 1.41. The van der Waals surface area contributed by atoms with E-state index in [1.165, 1.54) is 0 Å². The zero-order chi connectivity index (χ0) is 13.7. The van der Waals surface area contributed by atoms with Gasteiger partial charge in [-0.05, 0) is 20.8 Å². The molecule has 100 valence electrons. The second-order valence-corrected chi connectivity index (χ2v) is 4.37. The Bertz CT molecular complexity index is 428. The number of carboxylic acid groups (broad SMARTS) is 1. The molecule has 2 N–H and O–H groups in total. The molecule has 0 fully saturated rings. The number of carbonyl (C=O) groups is 2. The number of nitrogens with zero attached hydrogens (tertiary/aromatic N) is 3. The summed E-state index contributed by atoms with van der Waals surface area (Å²) < 4.78 is 1.86. The maximum atomic E-state index is 11.5. The number of carboxylic acids is 1. The van der Waals surface area contributed by atoms with E-state index < -0.39 is 5.97 Å². The first kappa shape index (κ1) is 14.1. The van der Waals surface area contributed by atoms with Crippen LogP contribution in [0.3, 0.4) is 0 Å². The van der Waals surface area contributed by atoms with Gasteiger partial charge in [0, 0.05) is 12.5 Å². The molecule has 1 aromatic heterocycles. The third-order valence-corrected chi connectivity index (χ3v) is 2.49. The average Bonchev–Trinajstić information content (AvgIpc) is 2.75. The summed E-state index contributed by atoms with van der Waals surface area (Å²) in [7, 11) is 0. The van der Waals surface area contributed by atoms with Crippen molar-refractivity contribution in [3.8, 4) is 0 Å². The smallest absolute Gasteiger partial charge is 0.303 e. The lowest BCUT2D eigenvalue weighted by Gasteiger charge is -2.16. The molecule has 0 spiro atoms. The van der Waals surface area contributed by atoms with Gasteiger partial charge in [0.1, 0.15) is 6.33 Å². The van der Waals surface area contributed by atoms with Gasteiger partial charge in [-0.25, -0.2) is 0 Å². The Hall–Kier alpha value is -1.92. The molecule has 1 atom stereocenters. The van der Waals surface area contributed by atoms with Crippen LogP contribution in [0.15, 0.2) is 6.33 Å². The van der Waals surface area contributed by atoms with Gasteiger partial charge in [-0.15, -0.1) is 10.2 Å². The second-order valence-electron chi connectivity index (χ2n) is 4.37. The van der Waals surface area contributed by atoms with E-state index in [4.69, 9.17) is 5.11 Å². The maximum absolute atomic E-state index is 11.5. The number of amides is 1. The second kappa shape index (κ2) is 6.13. The minimum Gasteiger partial charge on any atom is -0.481 e. The molecule has 0 bridgehead atoms. The van der Waals surface area contributed by atoms with Gasteiger partial charge in [0.05, 0.1) is 12.5 Å². The van der Waals surface area contributed by atoms with Gasteiger partial charge in [0.15, 0.2) is 5.82 Å². The monoisotopic (exact) mass is 254 g/mol. The highest BCUT2D eigenvalue weighted by Gasteiger charge is 2.17. The molecule has 0 aromatic carbocycles. The molecule has 1 aromatic rings. The van der Waals surface area contributed by atoms with E-state index >= 15 is 0 Å². The summed E-state index contributed by atoms with van der Waals surface area (Å²) in [6.45, 7) is 5.78. The highest BCUT2D eigenvalue weighted by Crippen LogP contribution is 2.14. The molecule has 1 heterocycles. The molecule has 1 amide bonds. The van der Waals surface area contributed by atoms with Gasteiger partial charge in [-0.2, -0.15) is 0 Å². The zero-order valence-electron chi connectivity index (χ0n) is 10.8. The van der Waals surface area contributed by atoms with E-state index in [2.05, 4.69) is 15.5 Å². The standard InChI is InChI=1S/C11H18N4O3/c1-7(2)15-6-12-14-11(15)8(3)13-9(16)4-5-10(17)18/h6-8H,4-5H2,1-3H3,(H,13,16)(H,17,18)/t8-/m0/s1. The minimum atomic E-state index is -0.983. The molecule has 1 rings (SSSR count). The van der Waals surface area contributed by atoms with Crippen molar-refractivity contribution >= 4 is 11.9 Å². The van der Waals surface area contributed by atoms with Crippen molar-refractivity contribution in [1.29, 1.82) is 0 Å². The van der Waals surface area contributed by atoms with Crippen LogP contribution in [-0.2, 0) is 9.59 Å². The van der Waals surface area contributed by atoms with Crippen LogP contribution in [0.1, 0.15) is 51.5 Å². The number of hydrogen-bond acceptors (Lipinski definition) is 4. The predicted octanol–water partition coefficient (Wildman–Crippen LogP) is 0.901. The summed E-state index contributed by atoms with van der Waals surface area (Å²) in [5.41, 5.74) is 0. The number of aromatic nitrogens is 3. The Morgan fingerprint density at radius 1 is 1.39 bits per heavy atom. The van der Waals surface area contributed by atoms with E-state index in [1.54, 1.807) is 13.3 Å². The maximum Gasteiger partial charge on any atom is 0.303 e. The van der Waals surface area contributed by atoms with Crippen molar-refractivity contribution in [2.45, 2.75) is 45.7 Å². The van der Waals surface area contributed by atoms with Crippen molar-refractivity contribution in [1.82, 2.24) is 20.1 Å². The van der Waals surface area contributed by atoms with E-state index in [9.17, 15) is 9.59 Å². The van der Waals surface area contributed by atoms with Crippen LogP contribution in [0.25, 0.3) is 0 Å². The van der Waals surface area contributed by atoms with Crippen LogP contribution < -0.4 is 5.32 Å². The molecule has 0 aliphatic heterocycles. The Morgan fingerprint density at radius 2 is 2.06 bits per heavy atom. The molecule has 7 nitrogen and oxygen atoms in total. The van der Waals surface area contributed by atoms with Gasteiger partial charge in [-0.1, -0.05) is 0 Å². The average molecular weight is 254 g/mol. The summed E-state index contributed by atoms with van der Waals surface area (Å²) in [5.74, 6) is -0.625. The molecule has 0 aliphatic carbocycles. The molecular formula is C11H18N4O3. The summed E-state index contributed by atoms with van der Waals surface area (Å²) in [6, 6.07) is -0.0930. The molecule has 0 radical (unpaired) electrons. The number of carbonyl (C=O) groups excluding carboxylic acids is 1. The number of hydrogen-bond donors (Lipinski definition) is 2. The van der Waals surface area contributed by atoms with Crippen LogP contribution in [-0.4, -0.2) is 31.7 Å². The first-order valence-electron chi connectivity index (χ1n) is 5.82. The lowest BCUT2D eigenvalue weighted by atomic mass is 10.2. The molecular weight excluding hydrogens is 236 g/mol. The van der Waals surface area contributed by atoms with Crippen molar-refractivity contribution in [2.75, 3.05) is 0 Å². The largest absolute Gasteiger partial charge is 0.481 e. The Balaban J connectivity index is 2.59. The fourth-order valence-corrected chi connectivity index (χ4v) is 1.56. The van der Waals surface area contributed by atoms with Gasteiger partial charge >= 0.3 is 5.97 Å². The fraction of sp³-hybridized carbons (Fsp3) is 0.636. The summed E-state index contributed by atoms with van der Waals surface area (Å²) in [5, 5.41) is 19.0. The molecule has 0 saturated heterocycles. The van der Waals surface area contributed by atoms with Gasteiger partial charge < -0.3 is 15.0 Å². The first-order chi connectivity index (χ1) is 8.41. The van der Waals surface area contributed by atoms with E-state index in [0.717, 1.165) is 0 Å². The topological polar surface area (TPSA) is 97.1 Å². The Morgan fingerprint density at radius 3 is 2.61 bits per heavy atom. The Kier molecular flexibility index (Phi) is 4.82. The van der Waals surface area contributed by atoms with Crippen LogP contribution in [0, 0.1) is 0 Å². The van der Waals surface area contributed by atoms with Crippen LogP contribution in [0.5, 0.6) is 0 Å².